The molecule has 1 fully saturated rings. The van der Waals surface area contributed by atoms with Crippen LogP contribution in [0.2, 0.25) is 18.1 Å². The fourth-order valence-corrected chi connectivity index (χ4v) is 3.70. The van der Waals surface area contributed by atoms with E-state index in [2.05, 4.69) is 33.9 Å². The zero-order chi connectivity index (χ0) is 13.1. The van der Waals surface area contributed by atoms with Crippen molar-refractivity contribution in [2.24, 2.45) is 5.92 Å². The summed E-state index contributed by atoms with van der Waals surface area (Å²) in [6.45, 7) is 11.4. The van der Waals surface area contributed by atoms with Crippen molar-refractivity contribution in [3.05, 3.63) is 0 Å². The van der Waals surface area contributed by atoms with Crippen LogP contribution in [-0.2, 0) is 9.22 Å². The third kappa shape index (κ3) is 3.92. The number of hydrogen-bond acceptors (Lipinski definition) is 2. The number of carbonyl (C=O) groups is 1. The maximum atomic E-state index is 10.7. The van der Waals surface area contributed by atoms with Crippen molar-refractivity contribution in [1.82, 2.24) is 0 Å². The van der Waals surface area contributed by atoms with E-state index in [1.54, 1.807) is 0 Å². The Morgan fingerprint density at radius 1 is 1.24 bits per heavy atom. The Bertz CT molecular complexity index is 255. The van der Waals surface area contributed by atoms with Gasteiger partial charge in [-0.1, -0.05) is 33.6 Å². The third-order valence-electron chi connectivity index (χ3n) is 4.49. The first-order valence-electron chi connectivity index (χ1n) is 6.89. The number of rotatable bonds is 4. The van der Waals surface area contributed by atoms with E-state index in [0.29, 0.717) is 18.4 Å². The fourth-order valence-electron chi connectivity index (χ4n) is 2.28. The molecule has 0 spiro atoms. The summed E-state index contributed by atoms with van der Waals surface area (Å²) in [5, 5.41) is 0.260. The Labute approximate surface area is 107 Å². The van der Waals surface area contributed by atoms with Crippen molar-refractivity contribution in [3.63, 3.8) is 0 Å². The quantitative estimate of drug-likeness (QED) is 0.558. The predicted octanol–water partition coefficient (Wildman–Crippen LogP) is 4.16. The number of carbonyl (C=O) groups excluding carboxylic acids is 1. The summed E-state index contributed by atoms with van der Waals surface area (Å²) < 4.78 is 6.49. The lowest BCUT2D eigenvalue weighted by Crippen LogP contribution is -2.46. The molecule has 17 heavy (non-hydrogen) atoms. The van der Waals surface area contributed by atoms with Gasteiger partial charge in [0, 0.05) is 12.5 Å². The van der Waals surface area contributed by atoms with E-state index < -0.39 is 8.32 Å². The first-order chi connectivity index (χ1) is 7.78. The number of hydrogen-bond donors (Lipinski definition) is 0. The van der Waals surface area contributed by atoms with Gasteiger partial charge in [0.1, 0.15) is 6.29 Å². The van der Waals surface area contributed by atoms with Crippen molar-refractivity contribution < 1.29 is 9.22 Å². The zero-order valence-electron chi connectivity index (χ0n) is 12.1. The van der Waals surface area contributed by atoms with Gasteiger partial charge in [0.2, 0.25) is 0 Å². The van der Waals surface area contributed by atoms with E-state index in [0.717, 1.165) is 19.1 Å². The normalized spacial score (nSPS) is 26.9. The lowest BCUT2D eigenvalue weighted by molar-refractivity contribution is -0.109. The molecule has 3 heteroatoms. The molecule has 2 atom stereocenters. The molecule has 100 valence electrons. The van der Waals surface area contributed by atoms with Gasteiger partial charge in [-0.05, 0) is 36.9 Å². The highest BCUT2D eigenvalue weighted by molar-refractivity contribution is 6.74. The van der Waals surface area contributed by atoms with E-state index in [4.69, 9.17) is 4.43 Å². The van der Waals surface area contributed by atoms with E-state index >= 15 is 0 Å². The molecular weight excluding hydrogens is 228 g/mol. The van der Waals surface area contributed by atoms with Crippen LogP contribution in [0.5, 0.6) is 0 Å². The molecule has 0 N–H and O–H groups in total. The molecule has 0 unspecified atom stereocenters. The minimum atomic E-state index is -1.68. The third-order valence-corrected chi connectivity index (χ3v) is 8.99. The minimum Gasteiger partial charge on any atom is -0.414 e. The molecule has 2 nitrogen and oxygen atoms in total. The van der Waals surface area contributed by atoms with Gasteiger partial charge in [0.25, 0.3) is 0 Å². The SMILES string of the molecule is CC(C)(C)[Si](C)(C)O[C@H]1CCCC[C@H]1CC=O. The van der Waals surface area contributed by atoms with Crippen LogP contribution in [0.3, 0.4) is 0 Å². The highest BCUT2D eigenvalue weighted by atomic mass is 28.4. The molecule has 1 rings (SSSR count). The van der Waals surface area contributed by atoms with Crippen molar-refractivity contribution >= 4 is 14.6 Å². The van der Waals surface area contributed by atoms with Gasteiger partial charge in [-0.3, -0.25) is 0 Å². The van der Waals surface area contributed by atoms with Crippen LogP contribution in [0.25, 0.3) is 0 Å². The Morgan fingerprint density at radius 3 is 2.35 bits per heavy atom. The highest BCUT2D eigenvalue weighted by Crippen LogP contribution is 2.40. The summed E-state index contributed by atoms with van der Waals surface area (Å²) in [5.41, 5.74) is 0. The Morgan fingerprint density at radius 2 is 1.82 bits per heavy atom. The minimum absolute atomic E-state index is 0.260. The molecule has 0 radical (unpaired) electrons. The van der Waals surface area contributed by atoms with Gasteiger partial charge in [0.05, 0.1) is 0 Å². The molecule has 0 bridgehead atoms. The van der Waals surface area contributed by atoms with E-state index in [1.165, 1.54) is 12.8 Å². The summed E-state index contributed by atoms with van der Waals surface area (Å²) in [6, 6.07) is 0. The van der Waals surface area contributed by atoms with Crippen molar-refractivity contribution in [2.45, 2.75) is 77.1 Å². The Balaban J connectivity index is 2.67. The lowest BCUT2D eigenvalue weighted by Gasteiger charge is -2.42. The molecule has 0 saturated heterocycles. The van der Waals surface area contributed by atoms with Gasteiger partial charge in [-0.25, -0.2) is 0 Å². The number of aldehydes is 1. The second-order valence-electron chi connectivity index (χ2n) is 6.86. The Hall–Kier alpha value is -0.153. The first-order valence-corrected chi connectivity index (χ1v) is 9.80. The summed E-state index contributed by atoms with van der Waals surface area (Å²) in [5.74, 6) is 0.468. The molecule has 1 saturated carbocycles. The summed E-state index contributed by atoms with van der Waals surface area (Å²) in [6.07, 6.45) is 6.90. The van der Waals surface area contributed by atoms with Crippen LogP contribution in [0.1, 0.15) is 52.9 Å². The standard InChI is InChI=1S/C14H28O2Si/c1-14(2,3)17(4,5)16-13-9-7-6-8-12(13)10-11-15/h11-13H,6-10H2,1-5H3/t12-,13-/m0/s1. The maximum absolute atomic E-state index is 10.7. The Kier molecular flexibility index (Phi) is 4.96. The topological polar surface area (TPSA) is 26.3 Å². The van der Waals surface area contributed by atoms with E-state index in [1.807, 2.05) is 0 Å². The monoisotopic (exact) mass is 256 g/mol. The fraction of sp³-hybridized carbons (Fsp3) is 0.929. The largest absolute Gasteiger partial charge is 0.414 e. The van der Waals surface area contributed by atoms with Gasteiger partial charge >= 0.3 is 0 Å². The maximum Gasteiger partial charge on any atom is 0.192 e. The first kappa shape index (κ1) is 14.9. The van der Waals surface area contributed by atoms with Gasteiger partial charge in [-0.2, -0.15) is 0 Å². The van der Waals surface area contributed by atoms with E-state index in [9.17, 15) is 4.79 Å². The van der Waals surface area contributed by atoms with Crippen molar-refractivity contribution in [1.29, 1.82) is 0 Å². The van der Waals surface area contributed by atoms with Crippen LogP contribution in [0.4, 0.5) is 0 Å². The van der Waals surface area contributed by atoms with Crippen LogP contribution in [0.15, 0.2) is 0 Å². The average Bonchev–Trinajstić information content (AvgIpc) is 2.19. The van der Waals surface area contributed by atoms with Gasteiger partial charge in [-0.15, -0.1) is 0 Å². The van der Waals surface area contributed by atoms with Crippen LogP contribution in [-0.4, -0.2) is 20.7 Å². The predicted molar refractivity (Wildman–Crippen MR) is 74.7 cm³/mol. The second-order valence-corrected chi connectivity index (χ2v) is 11.6. The molecule has 0 aromatic carbocycles. The molecule has 1 aliphatic carbocycles. The lowest BCUT2D eigenvalue weighted by atomic mass is 9.85. The average molecular weight is 256 g/mol. The smallest absolute Gasteiger partial charge is 0.192 e. The summed E-state index contributed by atoms with van der Waals surface area (Å²) in [7, 11) is -1.68. The highest BCUT2D eigenvalue weighted by Gasteiger charge is 2.41. The molecule has 0 amide bonds. The zero-order valence-corrected chi connectivity index (χ0v) is 13.1. The van der Waals surface area contributed by atoms with Crippen LogP contribution < -0.4 is 0 Å². The van der Waals surface area contributed by atoms with Crippen LogP contribution >= 0.6 is 0 Å². The molecular formula is C14H28O2Si. The molecule has 0 aliphatic heterocycles. The summed E-state index contributed by atoms with van der Waals surface area (Å²) in [4.78, 5) is 10.7. The molecule has 0 aromatic rings. The van der Waals surface area contributed by atoms with Crippen molar-refractivity contribution in [3.8, 4) is 0 Å². The molecule has 1 aliphatic rings. The van der Waals surface area contributed by atoms with Gasteiger partial charge < -0.3 is 9.22 Å². The molecule has 0 aromatic heterocycles. The van der Waals surface area contributed by atoms with Crippen molar-refractivity contribution in [2.75, 3.05) is 0 Å². The van der Waals surface area contributed by atoms with E-state index in [-0.39, 0.29) is 5.04 Å². The second kappa shape index (κ2) is 5.66. The van der Waals surface area contributed by atoms with Crippen LogP contribution in [0, 0.1) is 5.92 Å². The molecule has 0 heterocycles. The van der Waals surface area contributed by atoms with Gasteiger partial charge in [0.15, 0.2) is 8.32 Å². The summed E-state index contributed by atoms with van der Waals surface area (Å²) >= 11 is 0.